The minimum atomic E-state index is -0.880. The summed E-state index contributed by atoms with van der Waals surface area (Å²) in [6, 6.07) is 5.99. The Kier molecular flexibility index (Phi) is 5.74. The topological polar surface area (TPSA) is 57.6 Å². The molecule has 110 valence electrons. The fraction of sp³-hybridized carbons (Fsp3) is 0.500. The Hall–Kier alpha value is -1.84. The van der Waals surface area contributed by atoms with Crippen LogP contribution in [0.4, 0.5) is 0 Å². The summed E-state index contributed by atoms with van der Waals surface area (Å²) in [6.07, 6.45) is 0.301. The molecule has 0 saturated heterocycles. The highest BCUT2D eigenvalue weighted by molar-refractivity contribution is 5.79. The normalized spacial score (nSPS) is 10.7. The number of amides is 1. The second-order valence-electron chi connectivity index (χ2n) is 5.42. The van der Waals surface area contributed by atoms with E-state index in [1.54, 1.807) is 4.90 Å². The van der Waals surface area contributed by atoms with E-state index in [9.17, 15) is 9.59 Å². The van der Waals surface area contributed by atoms with Crippen molar-refractivity contribution in [3.05, 3.63) is 34.9 Å². The van der Waals surface area contributed by atoms with E-state index in [0.717, 1.165) is 11.1 Å². The number of nitrogens with zero attached hydrogens (tertiary/aromatic N) is 1. The van der Waals surface area contributed by atoms with E-state index in [1.165, 1.54) is 5.56 Å². The fourth-order valence-electron chi connectivity index (χ4n) is 2.08. The molecule has 0 heterocycles. The zero-order valence-corrected chi connectivity index (χ0v) is 12.6. The summed E-state index contributed by atoms with van der Waals surface area (Å²) < 4.78 is 0. The lowest BCUT2D eigenvalue weighted by atomic mass is 10.0. The zero-order valence-electron chi connectivity index (χ0n) is 12.6. The third-order valence-corrected chi connectivity index (χ3v) is 3.44. The first-order valence-corrected chi connectivity index (χ1v) is 6.88. The predicted molar refractivity (Wildman–Crippen MR) is 78.7 cm³/mol. The number of hydrogen-bond acceptors (Lipinski definition) is 2. The molecule has 0 radical (unpaired) electrons. The highest BCUT2D eigenvalue weighted by atomic mass is 16.4. The Labute approximate surface area is 120 Å². The van der Waals surface area contributed by atoms with Crippen LogP contribution in [0.25, 0.3) is 0 Å². The molecule has 1 N–H and O–H groups in total. The van der Waals surface area contributed by atoms with Gasteiger partial charge in [0.05, 0.1) is 12.8 Å². The molecule has 0 aliphatic rings. The van der Waals surface area contributed by atoms with Gasteiger partial charge >= 0.3 is 5.97 Å². The third-order valence-electron chi connectivity index (χ3n) is 3.44. The largest absolute Gasteiger partial charge is 0.481 e. The zero-order chi connectivity index (χ0) is 15.3. The van der Waals surface area contributed by atoms with Crippen LogP contribution in [0.15, 0.2) is 18.2 Å². The summed E-state index contributed by atoms with van der Waals surface area (Å²) in [5, 5.41) is 8.74. The van der Waals surface area contributed by atoms with Gasteiger partial charge in [-0.1, -0.05) is 18.2 Å². The van der Waals surface area contributed by atoms with E-state index in [4.69, 9.17) is 5.11 Å². The average Bonchev–Trinajstić information content (AvgIpc) is 2.33. The minimum absolute atomic E-state index is 0.00777. The van der Waals surface area contributed by atoms with Crippen molar-refractivity contribution in [3.63, 3.8) is 0 Å². The number of rotatable bonds is 6. The van der Waals surface area contributed by atoms with E-state index < -0.39 is 5.97 Å². The molecule has 1 aromatic rings. The van der Waals surface area contributed by atoms with Gasteiger partial charge in [0.1, 0.15) is 0 Å². The van der Waals surface area contributed by atoms with Crippen molar-refractivity contribution in [2.24, 2.45) is 0 Å². The van der Waals surface area contributed by atoms with Gasteiger partial charge in [0.2, 0.25) is 5.91 Å². The van der Waals surface area contributed by atoms with E-state index in [2.05, 4.69) is 0 Å². The summed E-state index contributed by atoms with van der Waals surface area (Å²) in [5.41, 5.74) is 3.34. The highest BCUT2D eigenvalue weighted by Gasteiger charge is 2.18. The number of carboxylic acid groups (broad SMARTS) is 1. The average molecular weight is 277 g/mol. The van der Waals surface area contributed by atoms with Crippen LogP contribution in [-0.4, -0.2) is 34.5 Å². The molecule has 0 atom stereocenters. The molecule has 0 aliphatic carbocycles. The highest BCUT2D eigenvalue weighted by Crippen LogP contribution is 2.12. The van der Waals surface area contributed by atoms with E-state index in [-0.39, 0.29) is 24.9 Å². The Morgan fingerprint density at radius 3 is 2.35 bits per heavy atom. The molecule has 0 saturated carbocycles. The first kappa shape index (κ1) is 16.2. The van der Waals surface area contributed by atoms with Crippen LogP contribution < -0.4 is 0 Å². The summed E-state index contributed by atoms with van der Waals surface area (Å²) in [6.45, 7) is 8.12. The molecule has 0 spiro atoms. The first-order chi connectivity index (χ1) is 9.31. The van der Waals surface area contributed by atoms with Crippen molar-refractivity contribution in [2.45, 2.75) is 46.6 Å². The Balaban J connectivity index is 2.74. The van der Waals surface area contributed by atoms with Gasteiger partial charge in [-0.25, -0.2) is 0 Å². The lowest BCUT2D eigenvalue weighted by molar-refractivity contribution is -0.139. The van der Waals surface area contributed by atoms with E-state index in [0.29, 0.717) is 6.42 Å². The van der Waals surface area contributed by atoms with Crippen LogP contribution in [0.1, 0.15) is 37.0 Å². The van der Waals surface area contributed by atoms with Crippen LogP contribution >= 0.6 is 0 Å². The van der Waals surface area contributed by atoms with E-state index >= 15 is 0 Å². The molecule has 1 rings (SSSR count). The van der Waals surface area contributed by atoms with Crippen LogP contribution in [0, 0.1) is 13.8 Å². The maximum Gasteiger partial charge on any atom is 0.305 e. The van der Waals surface area contributed by atoms with Gasteiger partial charge in [-0.3, -0.25) is 9.59 Å². The van der Waals surface area contributed by atoms with Crippen molar-refractivity contribution < 1.29 is 14.7 Å². The number of benzene rings is 1. The number of carbonyl (C=O) groups excluding carboxylic acids is 1. The van der Waals surface area contributed by atoms with Crippen molar-refractivity contribution in [2.75, 3.05) is 6.54 Å². The second-order valence-corrected chi connectivity index (χ2v) is 5.42. The molecule has 0 bridgehead atoms. The van der Waals surface area contributed by atoms with Gasteiger partial charge in [-0.2, -0.15) is 0 Å². The number of hydrogen-bond donors (Lipinski definition) is 1. The van der Waals surface area contributed by atoms with Gasteiger partial charge < -0.3 is 10.0 Å². The van der Waals surface area contributed by atoms with Gasteiger partial charge in [0.25, 0.3) is 0 Å². The fourth-order valence-corrected chi connectivity index (χ4v) is 2.08. The maximum atomic E-state index is 12.3. The van der Waals surface area contributed by atoms with Gasteiger partial charge in [0, 0.05) is 12.6 Å². The second kappa shape index (κ2) is 7.08. The molecule has 1 amide bonds. The predicted octanol–water partition coefficient (Wildman–Crippen LogP) is 2.56. The van der Waals surface area contributed by atoms with Crippen LogP contribution in [0.3, 0.4) is 0 Å². The Morgan fingerprint density at radius 1 is 1.20 bits per heavy atom. The molecule has 4 nitrogen and oxygen atoms in total. The van der Waals surface area contributed by atoms with Gasteiger partial charge in [0.15, 0.2) is 0 Å². The van der Waals surface area contributed by atoms with Crippen LogP contribution in [-0.2, 0) is 16.0 Å². The lowest BCUT2D eigenvalue weighted by Gasteiger charge is -2.26. The molecule has 0 aliphatic heterocycles. The van der Waals surface area contributed by atoms with Crippen LogP contribution in [0.5, 0.6) is 0 Å². The van der Waals surface area contributed by atoms with Crippen molar-refractivity contribution in [1.29, 1.82) is 0 Å². The van der Waals surface area contributed by atoms with Gasteiger partial charge in [-0.05, 0) is 44.4 Å². The van der Waals surface area contributed by atoms with E-state index in [1.807, 2.05) is 45.9 Å². The Bertz CT molecular complexity index is 494. The molecule has 0 aromatic heterocycles. The monoisotopic (exact) mass is 277 g/mol. The summed E-state index contributed by atoms with van der Waals surface area (Å²) in [4.78, 5) is 24.6. The Morgan fingerprint density at radius 2 is 1.85 bits per heavy atom. The minimum Gasteiger partial charge on any atom is -0.481 e. The number of aliphatic carboxylic acids is 1. The first-order valence-electron chi connectivity index (χ1n) is 6.88. The molecule has 0 unspecified atom stereocenters. The number of aryl methyl sites for hydroxylation is 2. The summed E-state index contributed by atoms with van der Waals surface area (Å²) >= 11 is 0. The van der Waals surface area contributed by atoms with Crippen molar-refractivity contribution in [1.82, 2.24) is 4.90 Å². The van der Waals surface area contributed by atoms with Gasteiger partial charge in [-0.15, -0.1) is 0 Å². The van der Waals surface area contributed by atoms with Crippen molar-refractivity contribution >= 4 is 11.9 Å². The number of carboxylic acids is 1. The third kappa shape index (κ3) is 4.68. The van der Waals surface area contributed by atoms with Crippen molar-refractivity contribution in [3.8, 4) is 0 Å². The number of carbonyl (C=O) groups is 2. The molecular weight excluding hydrogens is 254 g/mol. The molecule has 4 heteroatoms. The molecule has 20 heavy (non-hydrogen) atoms. The van der Waals surface area contributed by atoms with Crippen LogP contribution in [0.2, 0.25) is 0 Å². The molecular formula is C16H23NO3. The smallest absolute Gasteiger partial charge is 0.305 e. The standard InChI is InChI=1S/C16H23NO3/c1-11(2)17(8-7-16(19)20)15(18)10-14-6-5-12(3)13(4)9-14/h5-6,9,11H,7-8,10H2,1-4H3,(H,19,20). The quantitative estimate of drug-likeness (QED) is 0.869. The molecule has 1 aromatic carbocycles. The molecule has 0 fully saturated rings. The lowest BCUT2D eigenvalue weighted by Crippen LogP contribution is -2.39. The summed E-state index contributed by atoms with van der Waals surface area (Å²) in [7, 11) is 0. The maximum absolute atomic E-state index is 12.3. The SMILES string of the molecule is Cc1ccc(CC(=O)N(CCC(=O)O)C(C)C)cc1C. The summed E-state index contributed by atoms with van der Waals surface area (Å²) in [5.74, 6) is -0.904.